The number of cyclic esters (lactones) is 1. The number of hydrogen-bond acceptors (Lipinski definition) is 2. The van der Waals surface area contributed by atoms with Gasteiger partial charge in [0.1, 0.15) is 5.60 Å². The molecular weight excluding hydrogens is 198 g/mol. The van der Waals surface area contributed by atoms with E-state index in [2.05, 4.69) is 21.2 Å². The van der Waals surface area contributed by atoms with Gasteiger partial charge in [0.25, 0.3) is 0 Å². The van der Waals surface area contributed by atoms with Crippen LogP contribution < -0.4 is 5.32 Å². The van der Waals surface area contributed by atoms with E-state index >= 15 is 0 Å². The summed E-state index contributed by atoms with van der Waals surface area (Å²) in [5.41, 5.74) is -0.303. The Morgan fingerprint density at radius 3 is 3.00 bits per heavy atom. The van der Waals surface area contributed by atoms with E-state index in [1.807, 2.05) is 6.92 Å². The van der Waals surface area contributed by atoms with Crippen LogP contribution in [0.5, 0.6) is 0 Å². The number of carbonyl (C=O) groups is 1. The van der Waals surface area contributed by atoms with Crippen LogP contribution in [0.1, 0.15) is 13.3 Å². The Morgan fingerprint density at radius 2 is 2.60 bits per heavy atom. The highest BCUT2D eigenvalue weighted by Crippen LogP contribution is 2.20. The van der Waals surface area contributed by atoms with Gasteiger partial charge < -0.3 is 10.1 Å². The smallest absolute Gasteiger partial charge is 0.407 e. The number of carbonyl (C=O) groups excluding carboxylic acids is 1. The summed E-state index contributed by atoms with van der Waals surface area (Å²) < 4.78 is 5.03. The van der Waals surface area contributed by atoms with Crippen molar-refractivity contribution in [3.05, 3.63) is 0 Å². The molecule has 1 saturated heterocycles. The first-order chi connectivity index (χ1) is 4.66. The first-order valence-corrected chi connectivity index (χ1v) is 4.31. The molecule has 58 valence electrons. The van der Waals surface area contributed by atoms with Crippen molar-refractivity contribution in [2.24, 2.45) is 0 Å². The number of nitrogens with one attached hydrogen (secondary N) is 1. The Hall–Kier alpha value is -0.250. The average molecular weight is 208 g/mol. The third-order valence-corrected chi connectivity index (χ3v) is 2.73. The van der Waals surface area contributed by atoms with Gasteiger partial charge in [0.2, 0.25) is 0 Å². The summed E-state index contributed by atoms with van der Waals surface area (Å²) in [5, 5.41) is 3.29. The van der Waals surface area contributed by atoms with Gasteiger partial charge >= 0.3 is 6.09 Å². The highest BCUT2D eigenvalue weighted by Gasteiger charge is 2.30. The van der Waals surface area contributed by atoms with E-state index in [0.717, 1.165) is 6.42 Å². The minimum atomic E-state index is -0.312. The standard InChI is InChI=1S/C6H10BrNO2/c1-6(4-7)2-3-8-5(9)10-6/h2-4H2,1H3,(H,8,9). The van der Waals surface area contributed by atoms with Crippen molar-refractivity contribution in [2.45, 2.75) is 18.9 Å². The summed E-state index contributed by atoms with van der Waals surface area (Å²) in [6.45, 7) is 2.63. The topological polar surface area (TPSA) is 38.3 Å². The zero-order valence-electron chi connectivity index (χ0n) is 5.82. The lowest BCUT2D eigenvalue weighted by molar-refractivity contribution is 0.0191. The summed E-state index contributed by atoms with van der Waals surface area (Å²) >= 11 is 3.29. The molecule has 0 radical (unpaired) electrons. The SMILES string of the molecule is CC1(CBr)CCNC(=O)O1. The van der Waals surface area contributed by atoms with Crippen LogP contribution in [0.15, 0.2) is 0 Å². The number of alkyl carbamates (subject to hydrolysis) is 1. The maximum absolute atomic E-state index is 10.7. The van der Waals surface area contributed by atoms with Crippen molar-refractivity contribution in [1.82, 2.24) is 5.32 Å². The van der Waals surface area contributed by atoms with Gasteiger partial charge in [-0.15, -0.1) is 0 Å². The molecule has 1 unspecified atom stereocenters. The van der Waals surface area contributed by atoms with Gasteiger partial charge in [0, 0.05) is 18.3 Å². The Morgan fingerprint density at radius 1 is 1.90 bits per heavy atom. The fraction of sp³-hybridized carbons (Fsp3) is 0.833. The van der Waals surface area contributed by atoms with E-state index in [9.17, 15) is 4.79 Å². The van der Waals surface area contributed by atoms with Gasteiger partial charge in [-0.05, 0) is 6.92 Å². The van der Waals surface area contributed by atoms with E-state index in [0.29, 0.717) is 11.9 Å². The van der Waals surface area contributed by atoms with Crippen LogP contribution in [0.3, 0.4) is 0 Å². The molecule has 0 spiro atoms. The molecule has 1 N–H and O–H groups in total. The minimum absolute atomic E-state index is 0.303. The van der Waals surface area contributed by atoms with E-state index in [4.69, 9.17) is 4.74 Å². The van der Waals surface area contributed by atoms with Gasteiger partial charge in [-0.3, -0.25) is 0 Å². The predicted octanol–water partition coefficient (Wildman–Crippen LogP) is 1.27. The van der Waals surface area contributed by atoms with Crippen LogP contribution in [-0.4, -0.2) is 23.6 Å². The molecule has 10 heavy (non-hydrogen) atoms. The second kappa shape index (κ2) is 2.78. The quantitative estimate of drug-likeness (QED) is 0.659. The van der Waals surface area contributed by atoms with Gasteiger partial charge in [0.05, 0.1) is 0 Å². The predicted molar refractivity (Wildman–Crippen MR) is 41.3 cm³/mol. The fourth-order valence-electron chi connectivity index (χ4n) is 0.834. The second-order valence-corrected chi connectivity index (χ2v) is 3.21. The molecule has 1 atom stereocenters. The average Bonchev–Trinajstić information content (AvgIpc) is 1.88. The summed E-state index contributed by atoms with van der Waals surface area (Å²) in [6, 6.07) is 0. The van der Waals surface area contributed by atoms with E-state index in [1.54, 1.807) is 0 Å². The molecule has 1 fully saturated rings. The second-order valence-electron chi connectivity index (χ2n) is 2.65. The van der Waals surface area contributed by atoms with E-state index in [1.165, 1.54) is 0 Å². The van der Waals surface area contributed by atoms with E-state index in [-0.39, 0.29) is 11.7 Å². The lowest BCUT2D eigenvalue weighted by Gasteiger charge is -2.31. The number of ether oxygens (including phenoxy) is 1. The number of amides is 1. The first-order valence-electron chi connectivity index (χ1n) is 3.19. The molecule has 4 heteroatoms. The highest BCUT2D eigenvalue weighted by atomic mass is 79.9. The molecule has 0 aromatic rings. The van der Waals surface area contributed by atoms with Crippen molar-refractivity contribution < 1.29 is 9.53 Å². The minimum Gasteiger partial charge on any atom is -0.442 e. The Kier molecular flexibility index (Phi) is 2.18. The molecule has 0 saturated carbocycles. The summed E-state index contributed by atoms with van der Waals surface area (Å²) in [5.74, 6) is 0. The van der Waals surface area contributed by atoms with Crippen molar-refractivity contribution in [3.63, 3.8) is 0 Å². The molecule has 0 bridgehead atoms. The summed E-state index contributed by atoms with van der Waals surface area (Å²) in [4.78, 5) is 10.7. The lowest BCUT2D eigenvalue weighted by Crippen LogP contribution is -2.46. The largest absolute Gasteiger partial charge is 0.442 e. The summed E-state index contributed by atoms with van der Waals surface area (Å²) in [7, 11) is 0. The Labute approximate surface area is 68.3 Å². The molecule has 1 rings (SSSR count). The number of halogens is 1. The van der Waals surface area contributed by atoms with Gasteiger partial charge in [0.15, 0.2) is 0 Å². The molecular formula is C6H10BrNO2. The molecule has 0 aliphatic carbocycles. The van der Waals surface area contributed by atoms with Crippen molar-refractivity contribution in [1.29, 1.82) is 0 Å². The van der Waals surface area contributed by atoms with Gasteiger partial charge in [-0.25, -0.2) is 4.79 Å². The van der Waals surface area contributed by atoms with Crippen LogP contribution in [0.2, 0.25) is 0 Å². The maximum atomic E-state index is 10.7. The fourth-order valence-corrected chi connectivity index (χ4v) is 1.23. The third kappa shape index (κ3) is 1.62. The highest BCUT2D eigenvalue weighted by molar-refractivity contribution is 9.09. The zero-order valence-corrected chi connectivity index (χ0v) is 7.40. The van der Waals surface area contributed by atoms with Crippen LogP contribution >= 0.6 is 15.9 Å². The first kappa shape index (κ1) is 7.85. The van der Waals surface area contributed by atoms with Crippen molar-refractivity contribution >= 4 is 22.0 Å². The van der Waals surface area contributed by atoms with Gasteiger partial charge in [-0.1, -0.05) is 15.9 Å². The van der Waals surface area contributed by atoms with Crippen LogP contribution in [-0.2, 0) is 4.74 Å². The lowest BCUT2D eigenvalue weighted by atomic mass is 10.0. The Balaban J connectivity index is 2.53. The molecule has 0 aromatic carbocycles. The van der Waals surface area contributed by atoms with Crippen LogP contribution in [0.25, 0.3) is 0 Å². The third-order valence-electron chi connectivity index (χ3n) is 1.54. The molecule has 1 heterocycles. The molecule has 1 aliphatic rings. The molecule has 3 nitrogen and oxygen atoms in total. The zero-order chi connectivity index (χ0) is 7.61. The van der Waals surface area contributed by atoms with Crippen LogP contribution in [0, 0.1) is 0 Å². The number of hydrogen-bond donors (Lipinski definition) is 1. The number of rotatable bonds is 1. The molecule has 0 aromatic heterocycles. The van der Waals surface area contributed by atoms with Crippen molar-refractivity contribution in [3.8, 4) is 0 Å². The van der Waals surface area contributed by atoms with Crippen LogP contribution in [0.4, 0.5) is 4.79 Å². The summed E-state index contributed by atoms with van der Waals surface area (Å²) in [6.07, 6.45) is 0.553. The van der Waals surface area contributed by atoms with E-state index < -0.39 is 0 Å². The van der Waals surface area contributed by atoms with Crippen molar-refractivity contribution in [2.75, 3.05) is 11.9 Å². The van der Waals surface area contributed by atoms with Gasteiger partial charge in [-0.2, -0.15) is 0 Å². The monoisotopic (exact) mass is 207 g/mol. The number of alkyl halides is 1. The normalized spacial score (nSPS) is 32.8. The maximum Gasteiger partial charge on any atom is 0.407 e. The molecule has 1 aliphatic heterocycles. The Bertz CT molecular complexity index is 151. The molecule has 1 amide bonds.